The first-order valence-electron chi connectivity index (χ1n) is 12.7. The summed E-state index contributed by atoms with van der Waals surface area (Å²) in [6, 6.07) is 11.6. The molecule has 0 radical (unpaired) electrons. The monoisotopic (exact) mass is 552 g/mol. The minimum atomic E-state index is -4.30. The Hall–Kier alpha value is -3.79. The number of benzene rings is 1. The first-order valence-corrected chi connectivity index (χ1v) is 14.2. The average Bonchev–Trinajstić information content (AvgIpc) is 3.13. The van der Waals surface area contributed by atoms with Crippen LogP contribution in [-0.2, 0) is 10.0 Å². The van der Waals surface area contributed by atoms with Gasteiger partial charge in [-0.15, -0.1) is 0 Å². The lowest BCUT2D eigenvalue weighted by Crippen LogP contribution is -2.32. The van der Waals surface area contributed by atoms with Crippen molar-refractivity contribution in [1.29, 1.82) is 0 Å². The van der Waals surface area contributed by atoms with E-state index in [0.717, 1.165) is 12.0 Å². The zero-order chi connectivity index (χ0) is 28.5. The molecule has 1 aliphatic carbocycles. The van der Waals surface area contributed by atoms with E-state index in [0.29, 0.717) is 29.3 Å². The van der Waals surface area contributed by atoms with E-state index in [9.17, 15) is 17.6 Å². The van der Waals surface area contributed by atoms with E-state index in [1.165, 1.54) is 36.4 Å². The molecular formula is C29H33FN4O4S. The van der Waals surface area contributed by atoms with Gasteiger partial charge in [0.1, 0.15) is 17.4 Å². The third-order valence-corrected chi connectivity index (χ3v) is 8.23. The predicted octanol–water partition coefficient (Wildman–Crippen LogP) is 5.47. The van der Waals surface area contributed by atoms with E-state index in [1.807, 2.05) is 19.9 Å². The number of aromatic nitrogens is 2. The lowest BCUT2D eigenvalue weighted by atomic mass is 9.76. The number of ether oxygens (including phenoxy) is 1. The number of hydrogen-bond donors (Lipinski definition) is 2. The number of pyridine rings is 2. The summed E-state index contributed by atoms with van der Waals surface area (Å²) < 4.78 is 48.2. The van der Waals surface area contributed by atoms with Gasteiger partial charge in [-0.2, -0.15) is 8.42 Å². The first-order chi connectivity index (χ1) is 18.3. The number of carbonyl (C=O) groups is 1. The fourth-order valence-electron chi connectivity index (χ4n) is 4.39. The Bertz CT molecular complexity index is 1550. The molecule has 1 aromatic carbocycles. The number of anilines is 1. The number of carbonyl (C=O) groups excluding carboxylic acids is 1. The Balaban J connectivity index is 1.78. The van der Waals surface area contributed by atoms with Crippen LogP contribution in [0.5, 0.6) is 5.75 Å². The van der Waals surface area contributed by atoms with Crippen LogP contribution in [0.2, 0.25) is 0 Å². The molecule has 8 nitrogen and oxygen atoms in total. The highest BCUT2D eigenvalue weighted by molar-refractivity contribution is 7.90. The largest absolute Gasteiger partial charge is 0.493 e. The number of sulfonamides is 1. The van der Waals surface area contributed by atoms with E-state index in [-0.39, 0.29) is 33.7 Å². The van der Waals surface area contributed by atoms with Crippen molar-refractivity contribution in [2.24, 2.45) is 17.3 Å². The highest BCUT2D eigenvalue weighted by Crippen LogP contribution is 2.48. The molecular weight excluding hydrogens is 519 g/mol. The molecule has 1 amide bonds. The second kappa shape index (κ2) is 10.8. The normalized spacial score (nSPS) is 16.7. The SMILES string of the molecule is CC(C)COc1cc(F)cc(-c2ccc(C(=O)NS(=O)(=O)c3cccc(N)n3)c(C3=CCC(C)C3(C)C)n2)c1. The molecule has 4 rings (SSSR count). The van der Waals surface area contributed by atoms with Crippen LogP contribution in [-0.4, -0.2) is 30.9 Å². The summed E-state index contributed by atoms with van der Waals surface area (Å²) in [5.41, 5.74) is 7.41. The van der Waals surface area contributed by atoms with Crippen LogP contribution < -0.4 is 15.2 Å². The quantitative estimate of drug-likeness (QED) is 0.380. The van der Waals surface area contributed by atoms with E-state index in [4.69, 9.17) is 15.5 Å². The van der Waals surface area contributed by atoms with Crippen molar-refractivity contribution in [3.05, 3.63) is 71.7 Å². The predicted molar refractivity (Wildman–Crippen MR) is 149 cm³/mol. The van der Waals surface area contributed by atoms with Crippen molar-refractivity contribution >= 4 is 27.3 Å². The van der Waals surface area contributed by atoms with Crippen molar-refractivity contribution in [2.75, 3.05) is 12.3 Å². The lowest BCUT2D eigenvalue weighted by Gasteiger charge is -2.29. The molecule has 3 aromatic rings. The maximum atomic E-state index is 14.5. The number of rotatable bonds is 8. The van der Waals surface area contributed by atoms with Crippen LogP contribution in [0, 0.1) is 23.1 Å². The highest BCUT2D eigenvalue weighted by Gasteiger charge is 2.38. The molecule has 0 bridgehead atoms. The number of allylic oxidation sites excluding steroid dienone is 2. The Labute approximate surface area is 228 Å². The third-order valence-electron chi connectivity index (χ3n) is 6.99. The number of nitrogens with one attached hydrogen (secondary N) is 1. The Morgan fingerprint density at radius 1 is 1.18 bits per heavy atom. The molecule has 10 heteroatoms. The van der Waals surface area contributed by atoms with Gasteiger partial charge in [0.05, 0.1) is 23.6 Å². The maximum Gasteiger partial charge on any atom is 0.281 e. The van der Waals surface area contributed by atoms with Crippen LogP contribution >= 0.6 is 0 Å². The topological polar surface area (TPSA) is 124 Å². The van der Waals surface area contributed by atoms with E-state index in [1.54, 1.807) is 12.1 Å². The van der Waals surface area contributed by atoms with Gasteiger partial charge >= 0.3 is 0 Å². The maximum absolute atomic E-state index is 14.5. The number of nitrogens with two attached hydrogens (primary N) is 1. The molecule has 1 atom stereocenters. The highest BCUT2D eigenvalue weighted by atomic mass is 32.2. The van der Waals surface area contributed by atoms with Crippen LogP contribution in [0.3, 0.4) is 0 Å². The molecule has 2 heterocycles. The summed E-state index contributed by atoms with van der Waals surface area (Å²) in [5.74, 6) is -0.430. The number of nitrogen functional groups attached to an aromatic ring is 1. The van der Waals surface area contributed by atoms with E-state index < -0.39 is 21.7 Å². The lowest BCUT2D eigenvalue weighted by molar-refractivity contribution is 0.0980. The minimum Gasteiger partial charge on any atom is -0.493 e. The van der Waals surface area contributed by atoms with Gasteiger partial charge in [-0.1, -0.05) is 46.8 Å². The van der Waals surface area contributed by atoms with Crippen LogP contribution in [0.25, 0.3) is 16.8 Å². The molecule has 2 aromatic heterocycles. The Kier molecular flexibility index (Phi) is 7.79. The van der Waals surface area contributed by atoms with Crippen LogP contribution in [0.4, 0.5) is 10.2 Å². The fraction of sp³-hybridized carbons (Fsp3) is 0.345. The zero-order valence-electron chi connectivity index (χ0n) is 22.7. The molecule has 1 aliphatic rings. The summed E-state index contributed by atoms with van der Waals surface area (Å²) in [6.07, 6.45) is 2.79. The molecule has 3 N–H and O–H groups in total. The summed E-state index contributed by atoms with van der Waals surface area (Å²) in [6.45, 7) is 10.6. The van der Waals surface area contributed by atoms with Gasteiger partial charge in [-0.3, -0.25) is 4.79 Å². The second-order valence-corrected chi connectivity index (χ2v) is 12.4. The van der Waals surface area contributed by atoms with Crippen molar-refractivity contribution in [3.8, 4) is 17.0 Å². The Morgan fingerprint density at radius 3 is 2.56 bits per heavy atom. The number of halogens is 1. The van der Waals surface area contributed by atoms with Gasteiger partial charge in [0.2, 0.25) is 0 Å². The summed E-state index contributed by atoms with van der Waals surface area (Å²) >= 11 is 0. The van der Waals surface area contributed by atoms with Crippen molar-refractivity contribution < 1.29 is 22.3 Å². The molecule has 0 saturated heterocycles. The fourth-order valence-corrected chi connectivity index (χ4v) is 5.34. The molecule has 0 saturated carbocycles. The molecule has 0 fully saturated rings. The van der Waals surface area contributed by atoms with Gasteiger partial charge in [0.25, 0.3) is 15.9 Å². The van der Waals surface area contributed by atoms with Crippen molar-refractivity contribution in [2.45, 2.75) is 46.1 Å². The van der Waals surface area contributed by atoms with Crippen LogP contribution in [0.1, 0.15) is 57.1 Å². The number of hydrogen-bond acceptors (Lipinski definition) is 7. The van der Waals surface area contributed by atoms with Gasteiger partial charge in [0, 0.05) is 11.6 Å². The van der Waals surface area contributed by atoms with Gasteiger partial charge < -0.3 is 10.5 Å². The first kappa shape index (κ1) is 28.2. The van der Waals surface area contributed by atoms with Crippen molar-refractivity contribution in [3.63, 3.8) is 0 Å². The molecule has 0 spiro atoms. The Morgan fingerprint density at radius 2 is 1.92 bits per heavy atom. The van der Waals surface area contributed by atoms with E-state index in [2.05, 4.69) is 30.5 Å². The average molecular weight is 553 g/mol. The van der Waals surface area contributed by atoms with Crippen molar-refractivity contribution in [1.82, 2.24) is 14.7 Å². The molecule has 206 valence electrons. The molecule has 1 unspecified atom stereocenters. The van der Waals surface area contributed by atoms with Gasteiger partial charge in [0.15, 0.2) is 5.03 Å². The number of amides is 1. The summed E-state index contributed by atoms with van der Waals surface area (Å²) in [7, 11) is -4.30. The molecule has 0 aliphatic heterocycles. The van der Waals surface area contributed by atoms with Gasteiger partial charge in [-0.25, -0.2) is 19.1 Å². The van der Waals surface area contributed by atoms with E-state index >= 15 is 0 Å². The number of nitrogens with zero attached hydrogens (tertiary/aromatic N) is 2. The zero-order valence-corrected chi connectivity index (χ0v) is 23.5. The van der Waals surface area contributed by atoms with Crippen LogP contribution in [0.15, 0.2) is 59.6 Å². The second-order valence-electron chi connectivity index (χ2n) is 10.8. The minimum absolute atomic E-state index is 0.00992. The standard InChI is InChI=1S/C29H33FN4O4S/c1-17(2)16-38-21-14-19(13-20(30)15-21)24-12-10-22(27(32-24)23-11-9-18(3)29(23,4)5)28(35)34-39(36,37)26-8-6-7-25(31)33-26/h6-8,10-15,17-18H,9,16H2,1-5H3,(H2,31,33)(H,34,35). The molecule has 39 heavy (non-hydrogen) atoms. The van der Waals surface area contributed by atoms with Gasteiger partial charge in [-0.05, 0) is 65.6 Å². The summed E-state index contributed by atoms with van der Waals surface area (Å²) in [5, 5.41) is -0.371. The smallest absolute Gasteiger partial charge is 0.281 e. The summed E-state index contributed by atoms with van der Waals surface area (Å²) in [4.78, 5) is 22.0. The third kappa shape index (κ3) is 6.11.